The van der Waals surface area contributed by atoms with E-state index in [-0.39, 0.29) is 11.7 Å². The van der Waals surface area contributed by atoms with E-state index >= 15 is 0 Å². The predicted octanol–water partition coefficient (Wildman–Crippen LogP) is 3.41. The van der Waals surface area contributed by atoms with Crippen LogP contribution in [0.5, 0.6) is 0 Å². The summed E-state index contributed by atoms with van der Waals surface area (Å²) in [5.74, 6) is 3.58. The van der Waals surface area contributed by atoms with Crippen molar-refractivity contribution in [3.05, 3.63) is 27.7 Å². The average molecular weight is 369 g/mol. The predicted molar refractivity (Wildman–Crippen MR) is 99.9 cm³/mol. The summed E-state index contributed by atoms with van der Waals surface area (Å²) in [7, 11) is 0. The van der Waals surface area contributed by atoms with Gasteiger partial charge in [0, 0.05) is 30.7 Å². The zero-order valence-corrected chi connectivity index (χ0v) is 15.7. The van der Waals surface area contributed by atoms with Crippen LogP contribution in [0.1, 0.15) is 66.9 Å². The molecule has 0 spiro atoms. The van der Waals surface area contributed by atoms with E-state index in [2.05, 4.69) is 55.4 Å². The fraction of sp³-hybridized carbons (Fsp3) is 0.611. The normalized spacial score (nSPS) is 19.1. The Morgan fingerprint density at radius 2 is 2.27 bits per heavy atom. The maximum Gasteiger partial charge on any atom is 0.193 e. The molecule has 26 heavy (non-hydrogen) atoms. The Balaban J connectivity index is 1.49. The quantitative estimate of drug-likeness (QED) is 0.687. The molecule has 1 aliphatic carbocycles. The van der Waals surface area contributed by atoms with Gasteiger partial charge in [-0.1, -0.05) is 0 Å². The number of nitrogens with zero attached hydrogens (tertiary/aromatic N) is 6. The molecule has 1 saturated carbocycles. The largest absolute Gasteiger partial charge is 0.303 e. The minimum atomic E-state index is -0.270. The van der Waals surface area contributed by atoms with E-state index in [4.69, 9.17) is 6.42 Å². The Morgan fingerprint density at radius 1 is 1.42 bits per heavy atom. The number of nitrogens with one attached hydrogen (secondary N) is 1. The summed E-state index contributed by atoms with van der Waals surface area (Å²) in [4.78, 5) is 1.27. The highest BCUT2D eigenvalue weighted by Crippen LogP contribution is 2.38. The Kier molecular flexibility index (Phi) is 4.83. The lowest BCUT2D eigenvalue weighted by atomic mass is 9.93. The van der Waals surface area contributed by atoms with Gasteiger partial charge in [-0.15, -0.1) is 28.8 Å². The van der Waals surface area contributed by atoms with Gasteiger partial charge in [0.25, 0.3) is 0 Å². The second kappa shape index (κ2) is 7.25. The topological polar surface area (TPSA) is 80.4 Å². The fourth-order valence-electron chi connectivity index (χ4n) is 3.35. The number of thiophene rings is 1. The van der Waals surface area contributed by atoms with Crippen molar-refractivity contribution in [2.75, 3.05) is 6.54 Å². The second-order valence-corrected chi connectivity index (χ2v) is 8.01. The summed E-state index contributed by atoms with van der Waals surface area (Å²) in [5, 5.41) is 26.8. The second-order valence-electron chi connectivity index (χ2n) is 7.06. The third-order valence-corrected chi connectivity index (χ3v) is 6.37. The van der Waals surface area contributed by atoms with E-state index in [1.165, 1.54) is 16.9 Å². The van der Waals surface area contributed by atoms with Crippen LogP contribution in [0.25, 0.3) is 0 Å². The number of hydrogen-bond donors (Lipinski definition) is 1. The molecule has 1 atom stereocenters. The molecule has 1 unspecified atom stereocenters. The molecule has 3 heterocycles. The standard InChI is InChI=1S/C18H23N7S/c1-3-4-9-18(21-22-18)10-11-19-15(16-13(2)8-12-26-16)17-20-23-24-25(17)14-6-5-7-14/h1,8,12,14-15,19H,4-7,9-11H2,2H3. The highest BCUT2D eigenvalue weighted by molar-refractivity contribution is 7.10. The minimum absolute atomic E-state index is 0.00552. The van der Waals surface area contributed by atoms with E-state index in [1.807, 2.05) is 4.68 Å². The number of hydrogen-bond acceptors (Lipinski definition) is 7. The van der Waals surface area contributed by atoms with E-state index in [9.17, 15) is 0 Å². The van der Waals surface area contributed by atoms with Gasteiger partial charge in [-0.25, -0.2) is 4.68 Å². The summed E-state index contributed by atoms with van der Waals surface area (Å²) < 4.78 is 2.01. The average Bonchev–Trinajstić information content (AvgIpc) is 2.98. The summed E-state index contributed by atoms with van der Waals surface area (Å²) in [6, 6.07) is 2.57. The van der Waals surface area contributed by atoms with Crippen LogP contribution in [0, 0.1) is 19.3 Å². The van der Waals surface area contributed by atoms with Crippen LogP contribution >= 0.6 is 11.3 Å². The van der Waals surface area contributed by atoms with Crippen molar-refractivity contribution in [3.63, 3.8) is 0 Å². The van der Waals surface area contributed by atoms with Crippen molar-refractivity contribution in [1.29, 1.82) is 0 Å². The van der Waals surface area contributed by atoms with Gasteiger partial charge >= 0.3 is 0 Å². The van der Waals surface area contributed by atoms with Crippen molar-refractivity contribution in [1.82, 2.24) is 25.5 Å². The molecule has 0 bridgehead atoms. The molecule has 2 aromatic rings. The highest BCUT2D eigenvalue weighted by Gasteiger charge is 2.39. The first-order valence-corrected chi connectivity index (χ1v) is 10.0. The monoisotopic (exact) mass is 369 g/mol. The molecular weight excluding hydrogens is 346 g/mol. The molecule has 0 aromatic carbocycles. The van der Waals surface area contributed by atoms with Crippen molar-refractivity contribution in [3.8, 4) is 12.3 Å². The molecule has 0 saturated heterocycles. The van der Waals surface area contributed by atoms with E-state index in [0.29, 0.717) is 12.5 Å². The molecule has 0 radical (unpaired) electrons. The summed E-state index contributed by atoms with van der Waals surface area (Å²) in [6.07, 6.45) is 11.3. The SMILES string of the molecule is C#CCCC1(CCNC(c2sccc2C)c2nnnn2C2CCC2)N=N1. The maximum absolute atomic E-state index is 5.38. The molecule has 0 amide bonds. The number of tetrazole rings is 1. The molecule has 1 fully saturated rings. The van der Waals surface area contributed by atoms with Crippen LogP contribution in [-0.2, 0) is 0 Å². The lowest BCUT2D eigenvalue weighted by Gasteiger charge is -2.28. The lowest BCUT2D eigenvalue weighted by molar-refractivity contribution is 0.272. The van der Waals surface area contributed by atoms with Gasteiger partial charge in [0.1, 0.15) is 6.04 Å². The summed E-state index contributed by atoms with van der Waals surface area (Å²) in [5.41, 5.74) is 0.993. The molecule has 2 aliphatic rings. The van der Waals surface area contributed by atoms with Gasteiger partial charge < -0.3 is 5.32 Å². The summed E-state index contributed by atoms with van der Waals surface area (Å²) >= 11 is 1.74. The smallest absolute Gasteiger partial charge is 0.193 e. The van der Waals surface area contributed by atoms with E-state index in [1.54, 1.807) is 11.3 Å². The lowest BCUT2D eigenvalue weighted by Crippen LogP contribution is -2.31. The van der Waals surface area contributed by atoms with Crippen LogP contribution in [0.4, 0.5) is 0 Å². The maximum atomic E-state index is 5.38. The van der Waals surface area contributed by atoms with Crippen molar-refractivity contribution in [2.24, 2.45) is 10.2 Å². The van der Waals surface area contributed by atoms with Gasteiger partial charge in [-0.3, -0.25) is 0 Å². The number of aromatic nitrogens is 4. The molecular formula is C18H23N7S. The van der Waals surface area contributed by atoms with Gasteiger partial charge in [-0.05, 0) is 53.6 Å². The number of terminal acetylenes is 1. The van der Waals surface area contributed by atoms with Gasteiger partial charge in [0.15, 0.2) is 11.5 Å². The molecule has 1 N–H and O–H groups in total. The van der Waals surface area contributed by atoms with E-state index < -0.39 is 0 Å². The first-order valence-electron chi connectivity index (χ1n) is 9.15. The zero-order chi connectivity index (χ0) is 18.0. The molecule has 1 aliphatic heterocycles. The fourth-order valence-corrected chi connectivity index (χ4v) is 4.35. The third kappa shape index (κ3) is 3.41. The molecule has 136 valence electrons. The van der Waals surface area contributed by atoms with Gasteiger partial charge in [0.2, 0.25) is 0 Å². The summed E-state index contributed by atoms with van der Waals surface area (Å²) in [6.45, 7) is 2.93. The highest BCUT2D eigenvalue weighted by atomic mass is 32.1. The molecule has 4 rings (SSSR count). The number of aryl methyl sites for hydroxylation is 1. The van der Waals surface area contributed by atoms with Crippen molar-refractivity contribution >= 4 is 11.3 Å². The van der Waals surface area contributed by atoms with Gasteiger partial charge in [-0.2, -0.15) is 10.2 Å². The first-order chi connectivity index (χ1) is 12.7. The van der Waals surface area contributed by atoms with Crippen LogP contribution in [-0.4, -0.2) is 32.4 Å². The Bertz CT molecular complexity index is 821. The Morgan fingerprint density at radius 3 is 2.88 bits per heavy atom. The zero-order valence-electron chi connectivity index (χ0n) is 14.9. The minimum Gasteiger partial charge on any atom is -0.303 e. The van der Waals surface area contributed by atoms with Crippen LogP contribution in [0.2, 0.25) is 0 Å². The molecule has 8 heteroatoms. The van der Waals surface area contributed by atoms with Crippen molar-refractivity contribution < 1.29 is 0 Å². The van der Waals surface area contributed by atoms with Crippen LogP contribution < -0.4 is 5.32 Å². The van der Waals surface area contributed by atoms with E-state index in [0.717, 1.165) is 38.1 Å². The Labute approximate surface area is 157 Å². The number of rotatable bonds is 9. The first kappa shape index (κ1) is 17.3. The third-order valence-electron chi connectivity index (χ3n) is 5.29. The molecule has 2 aromatic heterocycles. The van der Waals surface area contributed by atoms with Crippen LogP contribution in [0.15, 0.2) is 21.7 Å². The van der Waals surface area contributed by atoms with Crippen molar-refractivity contribution in [2.45, 2.75) is 63.2 Å². The Hall–Kier alpha value is -2.11. The molecule has 7 nitrogen and oxygen atoms in total. The van der Waals surface area contributed by atoms with Crippen LogP contribution in [0.3, 0.4) is 0 Å². The van der Waals surface area contributed by atoms with Gasteiger partial charge in [0.05, 0.1) is 6.04 Å².